The standard InChI is InChI=1S/C16H13ClINO2/c1-3-4-9-21-11-5-6-12(13(17)10-11)15-8-7-14(18)16(20)19(15)2/h5-8,10H,9H2,1-2H3. The fourth-order valence-corrected chi connectivity index (χ4v) is 2.67. The van der Waals surface area contributed by atoms with Gasteiger partial charge in [-0.15, -0.1) is 5.92 Å². The highest BCUT2D eigenvalue weighted by Gasteiger charge is 2.10. The van der Waals surface area contributed by atoms with Crippen molar-refractivity contribution in [1.82, 2.24) is 4.57 Å². The lowest BCUT2D eigenvalue weighted by Gasteiger charge is -2.11. The van der Waals surface area contributed by atoms with Crippen LogP contribution in [0.5, 0.6) is 5.75 Å². The fourth-order valence-electron chi connectivity index (χ4n) is 1.86. The van der Waals surface area contributed by atoms with E-state index in [4.69, 9.17) is 16.3 Å². The molecule has 2 aromatic rings. The molecule has 108 valence electrons. The van der Waals surface area contributed by atoms with Crippen molar-refractivity contribution in [1.29, 1.82) is 0 Å². The van der Waals surface area contributed by atoms with Gasteiger partial charge in [0, 0.05) is 12.6 Å². The van der Waals surface area contributed by atoms with E-state index < -0.39 is 0 Å². The molecule has 0 unspecified atom stereocenters. The van der Waals surface area contributed by atoms with Gasteiger partial charge in [0.15, 0.2) is 0 Å². The Morgan fingerprint density at radius 1 is 1.33 bits per heavy atom. The van der Waals surface area contributed by atoms with Gasteiger partial charge in [-0.25, -0.2) is 0 Å². The van der Waals surface area contributed by atoms with E-state index in [1.165, 1.54) is 0 Å². The zero-order valence-electron chi connectivity index (χ0n) is 11.6. The van der Waals surface area contributed by atoms with Crippen LogP contribution in [0, 0.1) is 15.4 Å². The second-order valence-electron chi connectivity index (χ2n) is 4.29. The minimum Gasteiger partial charge on any atom is -0.481 e. The molecule has 0 N–H and O–H groups in total. The van der Waals surface area contributed by atoms with E-state index in [-0.39, 0.29) is 5.56 Å². The second kappa shape index (κ2) is 7.01. The number of aromatic nitrogens is 1. The van der Waals surface area contributed by atoms with Crippen LogP contribution in [0.15, 0.2) is 35.1 Å². The third kappa shape index (κ3) is 3.60. The molecule has 0 aliphatic carbocycles. The van der Waals surface area contributed by atoms with Crippen LogP contribution in [-0.4, -0.2) is 11.2 Å². The van der Waals surface area contributed by atoms with Crippen LogP contribution in [0.4, 0.5) is 0 Å². The molecule has 1 aromatic carbocycles. The summed E-state index contributed by atoms with van der Waals surface area (Å²) in [6.45, 7) is 2.09. The van der Waals surface area contributed by atoms with Gasteiger partial charge in [-0.05, 0) is 59.8 Å². The molecular formula is C16H13ClINO2. The van der Waals surface area contributed by atoms with Crippen LogP contribution in [0.2, 0.25) is 5.02 Å². The Morgan fingerprint density at radius 2 is 2.10 bits per heavy atom. The van der Waals surface area contributed by atoms with E-state index in [0.717, 1.165) is 11.3 Å². The first-order chi connectivity index (χ1) is 10.0. The normalized spacial score (nSPS) is 9.90. The highest BCUT2D eigenvalue weighted by molar-refractivity contribution is 14.1. The van der Waals surface area contributed by atoms with Crippen molar-refractivity contribution in [2.75, 3.05) is 6.61 Å². The maximum absolute atomic E-state index is 12.0. The van der Waals surface area contributed by atoms with Gasteiger partial charge in [-0.1, -0.05) is 17.5 Å². The monoisotopic (exact) mass is 413 g/mol. The Morgan fingerprint density at radius 3 is 2.76 bits per heavy atom. The third-order valence-electron chi connectivity index (χ3n) is 2.96. The van der Waals surface area contributed by atoms with Crippen LogP contribution < -0.4 is 10.3 Å². The minimum atomic E-state index is -0.0392. The number of rotatable bonds is 3. The molecule has 0 saturated carbocycles. The zero-order valence-corrected chi connectivity index (χ0v) is 14.5. The summed E-state index contributed by atoms with van der Waals surface area (Å²) >= 11 is 8.33. The highest BCUT2D eigenvalue weighted by Crippen LogP contribution is 2.30. The van der Waals surface area contributed by atoms with Crippen molar-refractivity contribution in [3.63, 3.8) is 0 Å². The van der Waals surface area contributed by atoms with E-state index in [1.54, 1.807) is 30.7 Å². The average molecular weight is 414 g/mol. The molecule has 0 aliphatic heterocycles. The van der Waals surface area contributed by atoms with Gasteiger partial charge in [0.2, 0.25) is 0 Å². The summed E-state index contributed by atoms with van der Waals surface area (Å²) in [6, 6.07) is 9.07. The predicted octanol–water partition coefficient (Wildman–Crippen LogP) is 3.71. The second-order valence-corrected chi connectivity index (χ2v) is 5.86. The molecule has 0 atom stereocenters. The molecular weight excluding hydrogens is 401 g/mol. The van der Waals surface area contributed by atoms with Gasteiger partial charge in [0.05, 0.1) is 14.3 Å². The summed E-state index contributed by atoms with van der Waals surface area (Å²) in [6.07, 6.45) is 0. The summed E-state index contributed by atoms with van der Waals surface area (Å²) in [7, 11) is 1.73. The largest absolute Gasteiger partial charge is 0.481 e. The molecule has 0 spiro atoms. The fraction of sp³-hybridized carbons (Fsp3) is 0.188. The first-order valence-electron chi connectivity index (χ1n) is 6.22. The SMILES string of the molecule is CC#CCOc1ccc(-c2ccc(I)c(=O)n2C)c(Cl)c1. The molecule has 0 fully saturated rings. The van der Waals surface area contributed by atoms with Crippen LogP contribution >= 0.6 is 34.2 Å². The predicted molar refractivity (Wildman–Crippen MR) is 93.8 cm³/mol. The quantitative estimate of drug-likeness (QED) is 0.567. The Hall–Kier alpha value is -1.45. The summed E-state index contributed by atoms with van der Waals surface area (Å²) < 4.78 is 7.73. The summed E-state index contributed by atoms with van der Waals surface area (Å²) in [5.41, 5.74) is 1.52. The van der Waals surface area contributed by atoms with E-state index in [0.29, 0.717) is 20.9 Å². The Balaban J connectivity index is 2.39. The number of nitrogens with zero attached hydrogens (tertiary/aromatic N) is 1. The maximum Gasteiger partial charge on any atom is 0.264 e. The molecule has 0 aliphatic rings. The summed E-state index contributed by atoms with van der Waals surface area (Å²) in [5, 5.41) is 0.535. The Kier molecular flexibility index (Phi) is 5.32. The number of halogens is 2. The zero-order chi connectivity index (χ0) is 15.4. The smallest absolute Gasteiger partial charge is 0.264 e. The lowest BCUT2D eigenvalue weighted by Crippen LogP contribution is -2.20. The molecule has 0 bridgehead atoms. The van der Waals surface area contributed by atoms with Gasteiger partial charge in [-0.2, -0.15) is 0 Å². The van der Waals surface area contributed by atoms with Crippen molar-refractivity contribution < 1.29 is 4.74 Å². The number of ether oxygens (including phenoxy) is 1. The van der Waals surface area contributed by atoms with Gasteiger partial charge in [0.25, 0.3) is 5.56 Å². The molecule has 0 saturated heterocycles. The molecule has 0 amide bonds. The van der Waals surface area contributed by atoms with Crippen LogP contribution in [0.25, 0.3) is 11.3 Å². The van der Waals surface area contributed by atoms with Crippen LogP contribution in [0.1, 0.15) is 6.92 Å². The third-order valence-corrected chi connectivity index (χ3v) is 4.10. The summed E-state index contributed by atoms with van der Waals surface area (Å²) in [5.74, 6) is 6.24. The molecule has 0 radical (unpaired) electrons. The number of hydrogen-bond donors (Lipinski definition) is 0. The molecule has 1 aromatic heterocycles. The van der Waals surface area contributed by atoms with Crippen LogP contribution in [-0.2, 0) is 7.05 Å². The lowest BCUT2D eigenvalue weighted by atomic mass is 10.1. The maximum atomic E-state index is 12.0. The topological polar surface area (TPSA) is 31.2 Å². The van der Waals surface area contributed by atoms with Crippen molar-refractivity contribution >= 4 is 34.2 Å². The molecule has 21 heavy (non-hydrogen) atoms. The van der Waals surface area contributed by atoms with Crippen LogP contribution in [0.3, 0.4) is 0 Å². The Bertz CT molecular complexity index is 787. The number of pyridine rings is 1. The van der Waals surface area contributed by atoms with E-state index in [9.17, 15) is 4.79 Å². The Labute approximate surface area is 142 Å². The van der Waals surface area contributed by atoms with E-state index in [2.05, 4.69) is 11.8 Å². The minimum absolute atomic E-state index is 0.0392. The number of benzene rings is 1. The first kappa shape index (κ1) is 15.9. The van der Waals surface area contributed by atoms with Crippen molar-refractivity contribution in [3.8, 4) is 28.8 Å². The highest BCUT2D eigenvalue weighted by atomic mass is 127. The van der Waals surface area contributed by atoms with Crippen molar-refractivity contribution in [2.45, 2.75) is 6.92 Å². The summed E-state index contributed by atoms with van der Waals surface area (Å²) in [4.78, 5) is 12.0. The lowest BCUT2D eigenvalue weighted by molar-refractivity contribution is 0.370. The molecule has 3 nitrogen and oxygen atoms in total. The van der Waals surface area contributed by atoms with Crippen molar-refractivity contribution in [3.05, 3.63) is 49.3 Å². The number of hydrogen-bond acceptors (Lipinski definition) is 2. The van der Waals surface area contributed by atoms with Crippen molar-refractivity contribution in [2.24, 2.45) is 7.05 Å². The van der Waals surface area contributed by atoms with E-state index >= 15 is 0 Å². The van der Waals surface area contributed by atoms with Gasteiger partial charge < -0.3 is 9.30 Å². The molecule has 5 heteroatoms. The van der Waals surface area contributed by atoms with E-state index in [1.807, 2.05) is 40.8 Å². The van der Waals surface area contributed by atoms with Gasteiger partial charge >= 0.3 is 0 Å². The average Bonchev–Trinajstić information content (AvgIpc) is 2.46. The molecule has 2 rings (SSSR count). The van der Waals surface area contributed by atoms with Gasteiger partial charge in [-0.3, -0.25) is 4.79 Å². The first-order valence-corrected chi connectivity index (χ1v) is 7.68. The molecule has 1 heterocycles. The van der Waals surface area contributed by atoms with Gasteiger partial charge in [0.1, 0.15) is 12.4 Å².